The highest BCUT2D eigenvalue weighted by Crippen LogP contribution is 2.16. The Hall–Kier alpha value is -3.80. The van der Waals surface area contributed by atoms with Crippen molar-refractivity contribution in [1.82, 2.24) is 9.66 Å². The number of pyridine rings is 1. The zero-order valence-electron chi connectivity index (χ0n) is 13.8. The summed E-state index contributed by atoms with van der Waals surface area (Å²) in [6, 6.07) is 20.0. The monoisotopic (exact) mass is 347 g/mol. The Kier molecular flexibility index (Phi) is 5.14. The van der Waals surface area contributed by atoms with E-state index in [1.165, 1.54) is 23.0 Å². The average Bonchev–Trinajstić information content (AvgIpc) is 3.06. The van der Waals surface area contributed by atoms with Gasteiger partial charge in [0.1, 0.15) is 11.3 Å². The number of nitrogens with one attached hydrogen (secondary N) is 1. The summed E-state index contributed by atoms with van der Waals surface area (Å²) in [5, 5.41) is 18.5. The number of carbonyl (C=O) groups is 1. The maximum absolute atomic E-state index is 10.3. The van der Waals surface area contributed by atoms with E-state index in [1.807, 2.05) is 35.1 Å². The molecule has 6 heteroatoms. The normalized spacial score (nSPS) is 10.0. The van der Waals surface area contributed by atoms with Gasteiger partial charge in [0.05, 0.1) is 11.2 Å². The molecule has 2 heterocycles. The molecule has 0 aliphatic heterocycles. The van der Waals surface area contributed by atoms with Crippen LogP contribution in [0.4, 0.5) is 5.69 Å². The third-order valence-electron chi connectivity index (χ3n) is 3.66. The van der Waals surface area contributed by atoms with Crippen LogP contribution in [0.1, 0.15) is 10.4 Å². The Bertz CT molecular complexity index is 1010. The van der Waals surface area contributed by atoms with Gasteiger partial charge in [-0.25, -0.2) is 4.79 Å². The molecule has 130 valence electrons. The Labute approximate surface area is 150 Å². The molecule has 0 atom stereocenters. The second-order valence-electron chi connectivity index (χ2n) is 5.41. The summed E-state index contributed by atoms with van der Waals surface area (Å²) in [7, 11) is 0. The lowest BCUT2D eigenvalue weighted by Crippen LogP contribution is -2.06. The van der Waals surface area contributed by atoms with Crippen LogP contribution in [-0.2, 0) is 0 Å². The van der Waals surface area contributed by atoms with Gasteiger partial charge in [-0.15, -0.1) is 0 Å². The first-order chi connectivity index (χ1) is 12.6. The van der Waals surface area contributed by atoms with Crippen molar-refractivity contribution >= 4 is 22.6 Å². The summed E-state index contributed by atoms with van der Waals surface area (Å²) in [5.41, 5.74) is 5.43. The van der Waals surface area contributed by atoms with Crippen LogP contribution in [0.2, 0.25) is 0 Å². The number of anilines is 1. The van der Waals surface area contributed by atoms with Gasteiger partial charge in [-0.2, -0.15) is 0 Å². The van der Waals surface area contributed by atoms with E-state index in [-0.39, 0.29) is 11.3 Å². The number of aromatic nitrogens is 2. The minimum Gasteiger partial charge on any atom is -0.507 e. The molecule has 2 aromatic heterocycles. The molecule has 0 aliphatic carbocycles. The third kappa shape index (κ3) is 3.99. The highest BCUT2D eigenvalue weighted by atomic mass is 16.4. The van der Waals surface area contributed by atoms with Gasteiger partial charge >= 0.3 is 5.97 Å². The van der Waals surface area contributed by atoms with Gasteiger partial charge in [-0.05, 0) is 36.4 Å². The van der Waals surface area contributed by atoms with Crippen LogP contribution < -0.4 is 5.43 Å². The summed E-state index contributed by atoms with van der Waals surface area (Å²) in [5.74, 6) is -1.31. The van der Waals surface area contributed by atoms with Crippen LogP contribution in [0.15, 0.2) is 85.3 Å². The Balaban J connectivity index is 0.000000170. The molecule has 26 heavy (non-hydrogen) atoms. The number of rotatable bonds is 3. The fourth-order valence-electron chi connectivity index (χ4n) is 2.40. The molecule has 4 aromatic rings. The van der Waals surface area contributed by atoms with Gasteiger partial charge in [0.25, 0.3) is 0 Å². The lowest BCUT2D eigenvalue weighted by molar-refractivity contribution is 0.0693. The number of benzene rings is 2. The van der Waals surface area contributed by atoms with Crippen molar-refractivity contribution < 1.29 is 15.0 Å². The van der Waals surface area contributed by atoms with E-state index in [0.717, 1.165) is 5.69 Å². The number of fused-ring (bicyclic) bond motifs is 1. The number of nitrogens with zero attached hydrogens (tertiary/aromatic N) is 2. The SMILES string of the molecule is O=C(O)c1ccccc1O.c1ccc2c(c1)ccn2Nc1ccncc1. The second kappa shape index (κ2) is 7.85. The number of aromatic hydroxyl groups is 1. The van der Waals surface area contributed by atoms with E-state index in [4.69, 9.17) is 10.2 Å². The minimum atomic E-state index is -1.11. The lowest BCUT2D eigenvalue weighted by Gasteiger charge is -2.08. The molecule has 0 saturated carbocycles. The van der Waals surface area contributed by atoms with E-state index in [1.54, 1.807) is 24.5 Å². The standard InChI is InChI=1S/C13H11N3.C7H6O3/c1-2-4-13-11(3-1)7-10-16(13)15-12-5-8-14-9-6-12;8-6-4-2-1-3-5(6)7(9)10/h1-10H,(H,14,15);1-4,8H,(H,9,10). The predicted molar refractivity (Wildman–Crippen MR) is 100 cm³/mol. The van der Waals surface area contributed by atoms with Gasteiger partial charge in [0.15, 0.2) is 0 Å². The Morgan fingerprint density at radius 2 is 1.62 bits per heavy atom. The van der Waals surface area contributed by atoms with Crippen molar-refractivity contribution in [2.75, 3.05) is 5.43 Å². The molecule has 4 rings (SSSR count). The van der Waals surface area contributed by atoms with Gasteiger partial charge in [0, 0.05) is 24.0 Å². The Morgan fingerprint density at radius 3 is 2.31 bits per heavy atom. The summed E-state index contributed by atoms with van der Waals surface area (Å²) in [6.45, 7) is 0. The largest absolute Gasteiger partial charge is 0.507 e. The number of para-hydroxylation sites is 2. The fraction of sp³-hybridized carbons (Fsp3) is 0. The van der Waals surface area contributed by atoms with Gasteiger partial charge in [-0.3, -0.25) is 15.1 Å². The lowest BCUT2D eigenvalue weighted by atomic mass is 10.2. The molecule has 0 spiro atoms. The smallest absolute Gasteiger partial charge is 0.339 e. The van der Waals surface area contributed by atoms with E-state index in [2.05, 4.69) is 28.6 Å². The molecule has 0 unspecified atom stereocenters. The second-order valence-corrected chi connectivity index (χ2v) is 5.41. The van der Waals surface area contributed by atoms with Crippen molar-refractivity contribution in [2.24, 2.45) is 0 Å². The number of carboxylic acid groups (broad SMARTS) is 1. The van der Waals surface area contributed by atoms with Gasteiger partial charge < -0.3 is 10.2 Å². The molecule has 0 fully saturated rings. The molecule has 0 aliphatic rings. The highest BCUT2D eigenvalue weighted by Gasteiger charge is 2.05. The summed E-state index contributed by atoms with van der Waals surface area (Å²) >= 11 is 0. The van der Waals surface area contributed by atoms with Crippen LogP contribution in [0.3, 0.4) is 0 Å². The first-order valence-electron chi connectivity index (χ1n) is 7.89. The number of carboxylic acids is 1. The van der Waals surface area contributed by atoms with Crippen molar-refractivity contribution in [3.8, 4) is 5.75 Å². The number of aromatic carboxylic acids is 1. The van der Waals surface area contributed by atoms with Crippen molar-refractivity contribution in [3.63, 3.8) is 0 Å². The summed E-state index contributed by atoms with van der Waals surface area (Å²) in [4.78, 5) is 14.2. The van der Waals surface area contributed by atoms with E-state index in [0.29, 0.717) is 0 Å². The van der Waals surface area contributed by atoms with Gasteiger partial charge in [-0.1, -0.05) is 30.3 Å². The molecule has 0 bridgehead atoms. The molecule has 6 nitrogen and oxygen atoms in total. The Morgan fingerprint density at radius 1 is 0.923 bits per heavy atom. The molecule has 0 saturated heterocycles. The minimum absolute atomic E-state index is 0.0671. The van der Waals surface area contributed by atoms with Crippen LogP contribution in [0, 0.1) is 0 Å². The third-order valence-corrected chi connectivity index (χ3v) is 3.66. The zero-order chi connectivity index (χ0) is 18.4. The zero-order valence-corrected chi connectivity index (χ0v) is 13.8. The van der Waals surface area contributed by atoms with Crippen molar-refractivity contribution in [2.45, 2.75) is 0 Å². The highest BCUT2D eigenvalue weighted by molar-refractivity contribution is 5.90. The van der Waals surface area contributed by atoms with E-state index >= 15 is 0 Å². The average molecular weight is 347 g/mol. The summed E-state index contributed by atoms with van der Waals surface area (Å²) < 4.78 is 2.00. The quantitative estimate of drug-likeness (QED) is 0.521. The van der Waals surface area contributed by atoms with Crippen molar-refractivity contribution in [3.05, 3.63) is 90.9 Å². The maximum atomic E-state index is 10.3. The van der Waals surface area contributed by atoms with Crippen LogP contribution in [0.25, 0.3) is 10.9 Å². The van der Waals surface area contributed by atoms with Crippen LogP contribution in [0.5, 0.6) is 5.75 Å². The molecular weight excluding hydrogens is 330 g/mol. The number of phenols is 1. The number of hydrogen-bond donors (Lipinski definition) is 3. The predicted octanol–water partition coefficient (Wildman–Crippen LogP) is 4.00. The fourth-order valence-corrected chi connectivity index (χ4v) is 2.40. The van der Waals surface area contributed by atoms with Gasteiger partial charge in [0.2, 0.25) is 0 Å². The van der Waals surface area contributed by atoms with E-state index < -0.39 is 5.97 Å². The number of hydrogen-bond acceptors (Lipinski definition) is 4. The molecule has 2 aromatic carbocycles. The molecular formula is C20H17N3O3. The topological polar surface area (TPSA) is 87.4 Å². The van der Waals surface area contributed by atoms with E-state index in [9.17, 15) is 4.79 Å². The van der Waals surface area contributed by atoms with Crippen LogP contribution in [-0.4, -0.2) is 25.8 Å². The first kappa shape index (κ1) is 17.0. The van der Waals surface area contributed by atoms with Crippen molar-refractivity contribution in [1.29, 1.82) is 0 Å². The molecule has 0 radical (unpaired) electrons. The maximum Gasteiger partial charge on any atom is 0.339 e. The molecule has 3 N–H and O–H groups in total. The van der Waals surface area contributed by atoms with Crippen LogP contribution >= 0.6 is 0 Å². The first-order valence-corrected chi connectivity index (χ1v) is 7.89. The molecule has 0 amide bonds. The summed E-state index contributed by atoms with van der Waals surface area (Å²) in [6.07, 6.45) is 5.56.